The van der Waals surface area contributed by atoms with Gasteiger partial charge in [-0.1, -0.05) is 6.92 Å². The van der Waals surface area contributed by atoms with Crippen molar-refractivity contribution in [1.29, 1.82) is 0 Å². The van der Waals surface area contributed by atoms with Gasteiger partial charge in [-0.25, -0.2) is 9.97 Å². The highest BCUT2D eigenvalue weighted by Gasteiger charge is 2.37. The van der Waals surface area contributed by atoms with Gasteiger partial charge in [-0.3, -0.25) is 0 Å². The molecule has 4 heteroatoms. The zero-order chi connectivity index (χ0) is 14.2. The first-order valence-corrected chi connectivity index (χ1v) is 7.72. The average molecular weight is 272 g/mol. The Morgan fingerprint density at radius 1 is 1.35 bits per heavy atom. The number of fused-ring (bicyclic) bond motifs is 1. The second kappa shape index (κ2) is 5.17. The molecule has 3 heterocycles. The normalized spacial score (nSPS) is 18.8. The molecule has 2 aromatic rings. The van der Waals surface area contributed by atoms with E-state index in [0.29, 0.717) is 6.04 Å². The van der Waals surface area contributed by atoms with Crippen LogP contribution in [-0.2, 0) is 5.41 Å². The Labute approximate surface area is 120 Å². The number of piperidine rings is 1. The Morgan fingerprint density at radius 2 is 2.10 bits per heavy atom. The number of rotatable bonds is 3. The molecule has 3 rings (SSSR count). The molecular weight excluding hydrogens is 248 g/mol. The third kappa shape index (κ3) is 2.03. The van der Waals surface area contributed by atoms with E-state index in [4.69, 9.17) is 4.98 Å². The lowest BCUT2D eigenvalue weighted by molar-refractivity contribution is 0.270. The van der Waals surface area contributed by atoms with Crippen LogP contribution >= 0.6 is 0 Å². The minimum absolute atomic E-state index is 0.205. The highest BCUT2D eigenvalue weighted by molar-refractivity contribution is 5.71. The van der Waals surface area contributed by atoms with Crippen molar-refractivity contribution in [3.8, 4) is 0 Å². The molecule has 20 heavy (non-hydrogen) atoms. The predicted molar refractivity (Wildman–Crippen MR) is 82.0 cm³/mol. The molecule has 1 fully saturated rings. The van der Waals surface area contributed by atoms with E-state index in [0.717, 1.165) is 30.7 Å². The zero-order valence-electron chi connectivity index (χ0n) is 12.7. The predicted octanol–water partition coefficient (Wildman–Crippen LogP) is 3.04. The van der Waals surface area contributed by atoms with E-state index >= 15 is 0 Å². The second-order valence-corrected chi connectivity index (χ2v) is 6.13. The fourth-order valence-corrected chi connectivity index (χ4v) is 3.43. The number of aromatic nitrogens is 3. The lowest BCUT2D eigenvalue weighted by atomic mass is 9.75. The van der Waals surface area contributed by atoms with Crippen LogP contribution in [0.4, 0.5) is 0 Å². The van der Waals surface area contributed by atoms with Gasteiger partial charge in [0.2, 0.25) is 0 Å². The summed E-state index contributed by atoms with van der Waals surface area (Å²) in [5, 5.41) is 3.47. The van der Waals surface area contributed by atoms with Gasteiger partial charge in [-0.05, 0) is 58.3 Å². The molecule has 1 aliphatic heterocycles. The number of nitrogens with zero attached hydrogens (tertiary/aromatic N) is 3. The topological polar surface area (TPSA) is 42.7 Å². The van der Waals surface area contributed by atoms with Gasteiger partial charge in [0.05, 0.1) is 0 Å². The van der Waals surface area contributed by atoms with Crippen LogP contribution < -0.4 is 5.32 Å². The monoisotopic (exact) mass is 272 g/mol. The molecule has 0 saturated carbocycles. The maximum atomic E-state index is 4.97. The first-order valence-electron chi connectivity index (χ1n) is 7.72. The summed E-state index contributed by atoms with van der Waals surface area (Å²) in [6, 6.07) is 4.45. The van der Waals surface area contributed by atoms with Gasteiger partial charge in [0.15, 0.2) is 5.65 Å². The molecule has 0 unspecified atom stereocenters. The van der Waals surface area contributed by atoms with E-state index in [1.165, 1.54) is 18.7 Å². The molecule has 0 aromatic carbocycles. The highest BCUT2D eigenvalue weighted by Crippen LogP contribution is 2.38. The van der Waals surface area contributed by atoms with Gasteiger partial charge >= 0.3 is 0 Å². The van der Waals surface area contributed by atoms with Crippen molar-refractivity contribution in [1.82, 2.24) is 19.9 Å². The molecule has 0 spiro atoms. The van der Waals surface area contributed by atoms with Crippen LogP contribution in [0.5, 0.6) is 0 Å². The quantitative estimate of drug-likeness (QED) is 0.934. The van der Waals surface area contributed by atoms with Crippen molar-refractivity contribution in [2.75, 3.05) is 13.1 Å². The van der Waals surface area contributed by atoms with Gasteiger partial charge in [0.25, 0.3) is 0 Å². The van der Waals surface area contributed by atoms with Gasteiger partial charge in [-0.2, -0.15) is 0 Å². The van der Waals surface area contributed by atoms with Crippen LogP contribution in [0.2, 0.25) is 0 Å². The molecule has 4 nitrogen and oxygen atoms in total. The second-order valence-electron chi connectivity index (χ2n) is 6.13. The largest absolute Gasteiger partial charge is 0.317 e. The Balaban J connectivity index is 2.21. The lowest BCUT2D eigenvalue weighted by Crippen LogP contribution is -2.41. The molecule has 108 valence electrons. The van der Waals surface area contributed by atoms with Crippen LogP contribution in [0, 0.1) is 0 Å². The molecule has 0 atom stereocenters. The van der Waals surface area contributed by atoms with Crippen LogP contribution in [0.3, 0.4) is 0 Å². The van der Waals surface area contributed by atoms with E-state index < -0.39 is 0 Å². The summed E-state index contributed by atoms with van der Waals surface area (Å²) < 4.78 is 2.35. The highest BCUT2D eigenvalue weighted by atomic mass is 15.2. The van der Waals surface area contributed by atoms with E-state index in [1.54, 1.807) is 0 Å². The van der Waals surface area contributed by atoms with Crippen LogP contribution in [0.1, 0.15) is 51.9 Å². The number of hydrogen-bond acceptors (Lipinski definition) is 3. The maximum Gasteiger partial charge on any atom is 0.160 e. The van der Waals surface area contributed by atoms with Crippen molar-refractivity contribution in [3.05, 3.63) is 24.2 Å². The molecule has 1 aliphatic rings. The van der Waals surface area contributed by atoms with Crippen LogP contribution in [-0.4, -0.2) is 27.6 Å². The van der Waals surface area contributed by atoms with Crippen LogP contribution in [0.15, 0.2) is 18.3 Å². The molecule has 1 saturated heterocycles. The fourth-order valence-electron chi connectivity index (χ4n) is 3.43. The molecule has 0 amide bonds. The third-order valence-electron chi connectivity index (χ3n) is 4.68. The third-order valence-corrected chi connectivity index (χ3v) is 4.68. The Morgan fingerprint density at radius 3 is 2.75 bits per heavy atom. The standard InChI is InChI=1S/C16H24N4/c1-4-16(7-10-17-11-8-16)15-19-13-6-5-9-18-14(13)20(15)12(2)3/h5-6,9,12,17H,4,7-8,10-11H2,1-3H3. The van der Waals surface area contributed by atoms with E-state index in [2.05, 4.69) is 41.7 Å². The molecule has 1 N–H and O–H groups in total. The Bertz CT molecular complexity index is 594. The van der Waals surface area contributed by atoms with Crippen molar-refractivity contribution < 1.29 is 0 Å². The van der Waals surface area contributed by atoms with Gasteiger partial charge < -0.3 is 9.88 Å². The lowest BCUT2D eigenvalue weighted by Gasteiger charge is -2.37. The Kier molecular flexibility index (Phi) is 3.50. The van der Waals surface area contributed by atoms with Gasteiger partial charge in [0.1, 0.15) is 11.3 Å². The Hall–Kier alpha value is -1.42. The van der Waals surface area contributed by atoms with E-state index in [-0.39, 0.29) is 5.41 Å². The molecule has 0 aliphatic carbocycles. The molecular formula is C16H24N4. The molecule has 0 bridgehead atoms. The minimum Gasteiger partial charge on any atom is -0.317 e. The van der Waals surface area contributed by atoms with Crippen molar-refractivity contribution in [3.63, 3.8) is 0 Å². The summed E-state index contributed by atoms with van der Waals surface area (Å²) in [6.45, 7) is 8.92. The number of hydrogen-bond donors (Lipinski definition) is 1. The summed E-state index contributed by atoms with van der Waals surface area (Å²) >= 11 is 0. The number of imidazole rings is 1. The van der Waals surface area contributed by atoms with E-state index in [1.807, 2.05) is 12.3 Å². The van der Waals surface area contributed by atoms with Crippen molar-refractivity contribution >= 4 is 11.2 Å². The average Bonchev–Trinajstić information content (AvgIpc) is 2.88. The summed E-state index contributed by atoms with van der Waals surface area (Å²) in [5.74, 6) is 1.24. The van der Waals surface area contributed by atoms with E-state index in [9.17, 15) is 0 Å². The molecule has 2 aromatic heterocycles. The van der Waals surface area contributed by atoms with Crippen molar-refractivity contribution in [2.45, 2.75) is 51.5 Å². The summed E-state index contributed by atoms with van der Waals surface area (Å²) in [7, 11) is 0. The fraction of sp³-hybridized carbons (Fsp3) is 0.625. The SMILES string of the molecule is CCC1(c2nc3cccnc3n2C(C)C)CCNCC1. The smallest absolute Gasteiger partial charge is 0.160 e. The van der Waals surface area contributed by atoms with Crippen molar-refractivity contribution in [2.24, 2.45) is 0 Å². The summed E-state index contributed by atoms with van der Waals surface area (Å²) in [4.78, 5) is 9.54. The number of nitrogens with one attached hydrogen (secondary N) is 1. The molecule has 0 radical (unpaired) electrons. The maximum absolute atomic E-state index is 4.97. The van der Waals surface area contributed by atoms with Gasteiger partial charge in [-0.15, -0.1) is 0 Å². The first-order chi connectivity index (χ1) is 9.68. The van der Waals surface area contributed by atoms with Crippen LogP contribution in [0.25, 0.3) is 11.2 Å². The van der Waals surface area contributed by atoms with Gasteiger partial charge in [0, 0.05) is 17.7 Å². The number of pyridine rings is 1. The summed E-state index contributed by atoms with van der Waals surface area (Å²) in [6.07, 6.45) is 5.34. The summed E-state index contributed by atoms with van der Waals surface area (Å²) in [5.41, 5.74) is 2.27. The first kappa shape index (κ1) is 13.6. The zero-order valence-corrected chi connectivity index (χ0v) is 12.7. The minimum atomic E-state index is 0.205.